The molecule has 0 spiro atoms. The van der Waals surface area contributed by atoms with Gasteiger partial charge in [-0.15, -0.1) is 0 Å². The van der Waals surface area contributed by atoms with Gasteiger partial charge in [0.1, 0.15) is 0 Å². The van der Waals surface area contributed by atoms with E-state index in [1.165, 1.54) is 37.9 Å². The number of nitrogens with one attached hydrogen (secondary N) is 1. The van der Waals surface area contributed by atoms with Crippen molar-refractivity contribution in [3.05, 3.63) is 34.3 Å². The number of likely N-dealkylation sites (tertiary alicyclic amines) is 1. The first-order valence-electron chi connectivity index (χ1n) is 7.77. The molecule has 1 fully saturated rings. The van der Waals surface area contributed by atoms with Gasteiger partial charge in [0.15, 0.2) is 0 Å². The highest BCUT2D eigenvalue weighted by atomic mass is 79.9. The fourth-order valence-corrected chi connectivity index (χ4v) is 3.67. The van der Waals surface area contributed by atoms with Gasteiger partial charge in [-0.1, -0.05) is 35.0 Å². The SMILES string of the molecule is CCC(C)(C(Cc1ccc(Br)cc1)NC)N1CCCC1. The zero-order valence-corrected chi connectivity index (χ0v) is 14.5. The minimum absolute atomic E-state index is 0.248. The van der Waals surface area contributed by atoms with Crippen molar-refractivity contribution >= 4 is 15.9 Å². The van der Waals surface area contributed by atoms with Crippen LogP contribution in [0.1, 0.15) is 38.7 Å². The normalized spacial score (nSPS) is 20.8. The lowest BCUT2D eigenvalue weighted by Gasteiger charge is -2.44. The van der Waals surface area contributed by atoms with Crippen LogP contribution >= 0.6 is 15.9 Å². The quantitative estimate of drug-likeness (QED) is 0.847. The van der Waals surface area contributed by atoms with Crippen molar-refractivity contribution in [2.24, 2.45) is 0 Å². The maximum atomic E-state index is 3.58. The third-order valence-electron chi connectivity index (χ3n) is 5.00. The Bertz CT molecular complexity index is 412. The lowest BCUT2D eigenvalue weighted by molar-refractivity contribution is 0.0873. The molecule has 2 nitrogen and oxygen atoms in total. The molecule has 2 unspecified atom stereocenters. The topological polar surface area (TPSA) is 15.3 Å². The van der Waals surface area contributed by atoms with Gasteiger partial charge in [-0.3, -0.25) is 4.90 Å². The van der Waals surface area contributed by atoms with E-state index in [2.05, 4.69) is 71.3 Å². The summed E-state index contributed by atoms with van der Waals surface area (Å²) in [5.74, 6) is 0. The van der Waals surface area contributed by atoms with Crippen LogP contribution in [-0.4, -0.2) is 36.6 Å². The van der Waals surface area contributed by atoms with Gasteiger partial charge in [0.05, 0.1) is 0 Å². The van der Waals surface area contributed by atoms with Gasteiger partial charge in [0.25, 0.3) is 0 Å². The molecule has 1 saturated heterocycles. The van der Waals surface area contributed by atoms with E-state index in [-0.39, 0.29) is 5.54 Å². The molecule has 1 aliphatic rings. The first-order valence-corrected chi connectivity index (χ1v) is 8.56. The van der Waals surface area contributed by atoms with Gasteiger partial charge in [0, 0.05) is 16.1 Å². The van der Waals surface area contributed by atoms with Crippen molar-refractivity contribution in [2.75, 3.05) is 20.1 Å². The highest BCUT2D eigenvalue weighted by Crippen LogP contribution is 2.29. The van der Waals surface area contributed by atoms with E-state index >= 15 is 0 Å². The van der Waals surface area contributed by atoms with Crippen molar-refractivity contribution in [2.45, 2.75) is 51.1 Å². The number of hydrogen-bond donors (Lipinski definition) is 1. The predicted octanol–water partition coefficient (Wildman–Crippen LogP) is 3.84. The van der Waals surface area contributed by atoms with Crippen molar-refractivity contribution in [1.82, 2.24) is 10.2 Å². The van der Waals surface area contributed by atoms with Gasteiger partial charge in [-0.05, 0) is 70.4 Å². The fraction of sp³-hybridized carbons (Fsp3) is 0.647. The van der Waals surface area contributed by atoms with Crippen LogP contribution in [0.15, 0.2) is 28.7 Å². The summed E-state index contributed by atoms with van der Waals surface area (Å²) in [4.78, 5) is 2.69. The second-order valence-corrected chi connectivity index (χ2v) is 6.99. The van der Waals surface area contributed by atoms with E-state index in [1.807, 2.05) is 0 Å². The summed E-state index contributed by atoms with van der Waals surface area (Å²) < 4.78 is 1.15. The van der Waals surface area contributed by atoms with Gasteiger partial charge in [-0.2, -0.15) is 0 Å². The minimum atomic E-state index is 0.248. The third kappa shape index (κ3) is 3.44. The second kappa shape index (κ2) is 7.06. The van der Waals surface area contributed by atoms with E-state index < -0.39 is 0 Å². The average Bonchev–Trinajstić information content (AvgIpc) is 3.00. The smallest absolute Gasteiger partial charge is 0.0334 e. The molecule has 2 rings (SSSR count). The van der Waals surface area contributed by atoms with Gasteiger partial charge in [0.2, 0.25) is 0 Å². The maximum Gasteiger partial charge on any atom is 0.0334 e. The summed E-state index contributed by atoms with van der Waals surface area (Å²) in [7, 11) is 2.10. The summed E-state index contributed by atoms with van der Waals surface area (Å²) in [6.07, 6.45) is 4.98. The van der Waals surface area contributed by atoms with Crippen LogP contribution in [0.2, 0.25) is 0 Å². The van der Waals surface area contributed by atoms with Gasteiger partial charge >= 0.3 is 0 Å². The first kappa shape index (κ1) is 16.0. The van der Waals surface area contributed by atoms with Crippen molar-refractivity contribution < 1.29 is 0 Å². The number of benzene rings is 1. The van der Waals surface area contributed by atoms with E-state index in [9.17, 15) is 0 Å². The van der Waals surface area contributed by atoms with Crippen LogP contribution in [0.25, 0.3) is 0 Å². The van der Waals surface area contributed by atoms with Crippen LogP contribution < -0.4 is 5.32 Å². The predicted molar refractivity (Wildman–Crippen MR) is 90.2 cm³/mol. The molecule has 0 amide bonds. The number of likely N-dealkylation sites (N-methyl/N-ethyl adjacent to an activating group) is 1. The summed E-state index contributed by atoms with van der Waals surface area (Å²) in [5.41, 5.74) is 1.66. The van der Waals surface area contributed by atoms with E-state index in [1.54, 1.807) is 0 Å². The third-order valence-corrected chi connectivity index (χ3v) is 5.53. The molecule has 112 valence electrons. The summed E-state index contributed by atoms with van der Waals surface area (Å²) in [5, 5.41) is 3.58. The van der Waals surface area contributed by atoms with Crippen LogP contribution in [0, 0.1) is 0 Å². The molecular formula is C17H27BrN2. The molecule has 0 bridgehead atoms. The molecule has 0 radical (unpaired) electrons. The molecule has 0 aliphatic carbocycles. The Labute approximate surface area is 132 Å². The van der Waals surface area contributed by atoms with E-state index in [0.717, 1.165) is 10.9 Å². The Morgan fingerprint density at radius 1 is 1.25 bits per heavy atom. The lowest BCUT2D eigenvalue weighted by Crippen LogP contribution is -2.58. The standard InChI is InChI=1S/C17H27BrN2/c1-4-17(2,20-11-5-6-12-20)16(19-3)13-14-7-9-15(18)10-8-14/h7-10,16,19H,4-6,11-13H2,1-3H3. The van der Waals surface area contributed by atoms with E-state index in [4.69, 9.17) is 0 Å². The zero-order chi connectivity index (χ0) is 14.6. The Kier molecular flexibility index (Phi) is 5.65. The van der Waals surface area contributed by atoms with Crippen LogP contribution in [0.5, 0.6) is 0 Å². The molecule has 2 atom stereocenters. The lowest BCUT2D eigenvalue weighted by atomic mass is 9.83. The van der Waals surface area contributed by atoms with Crippen molar-refractivity contribution in [3.8, 4) is 0 Å². The van der Waals surface area contributed by atoms with Crippen LogP contribution in [0.4, 0.5) is 0 Å². The molecule has 0 aromatic heterocycles. The molecule has 1 heterocycles. The van der Waals surface area contributed by atoms with Crippen LogP contribution in [-0.2, 0) is 6.42 Å². The molecule has 3 heteroatoms. The molecule has 20 heavy (non-hydrogen) atoms. The first-order chi connectivity index (χ1) is 9.60. The second-order valence-electron chi connectivity index (χ2n) is 6.08. The number of rotatable bonds is 6. The Hall–Kier alpha value is -0.380. The Balaban J connectivity index is 2.14. The molecule has 1 aromatic carbocycles. The van der Waals surface area contributed by atoms with Gasteiger partial charge in [-0.25, -0.2) is 0 Å². The van der Waals surface area contributed by atoms with E-state index in [0.29, 0.717) is 6.04 Å². The molecule has 0 saturated carbocycles. The highest BCUT2D eigenvalue weighted by Gasteiger charge is 2.38. The monoisotopic (exact) mass is 338 g/mol. The number of nitrogens with zero attached hydrogens (tertiary/aromatic N) is 1. The Morgan fingerprint density at radius 3 is 2.35 bits per heavy atom. The van der Waals surface area contributed by atoms with Gasteiger partial charge < -0.3 is 5.32 Å². The fourth-order valence-electron chi connectivity index (χ4n) is 3.41. The summed E-state index contributed by atoms with van der Waals surface area (Å²) in [6, 6.07) is 9.23. The largest absolute Gasteiger partial charge is 0.315 e. The molecule has 1 N–H and O–H groups in total. The number of halogens is 1. The molecule has 1 aromatic rings. The maximum absolute atomic E-state index is 3.58. The zero-order valence-electron chi connectivity index (χ0n) is 13.0. The number of hydrogen-bond acceptors (Lipinski definition) is 2. The Morgan fingerprint density at radius 2 is 1.85 bits per heavy atom. The van der Waals surface area contributed by atoms with Crippen molar-refractivity contribution in [1.29, 1.82) is 0 Å². The molecular weight excluding hydrogens is 312 g/mol. The van der Waals surface area contributed by atoms with Crippen LogP contribution in [0.3, 0.4) is 0 Å². The average molecular weight is 339 g/mol. The highest BCUT2D eigenvalue weighted by molar-refractivity contribution is 9.10. The summed E-state index contributed by atoms with van der Waals surface area (Å²) >= 11 is 3.51. The minimum Gasteiger partial charge on any atom is -0.315 e. The summed E-state index contributed by atoms with van der Waals surface area (Å²) in [6.45, 7) is 7.26. The van der Waals surface area contributed by atoms with Crippen molar-refractivity contribution in [3.63, 3.8) is 0 Å². The molecule has 1 aliphatic heterocycles.